The molecule has 0 aromatic carbocycles. The van der Waals surface area contributed by atoms with Gasteiger partial charge in [0.05, 0.1) is 18.7 Å². The Kier molecular flexibility index (Phi) is 6.81. The highest BCUT2D eigenvalue weighted by Gasteiger charge is 2.23. The van der Waals surface area contributed by atoms with Crippen molar-refractivity contribution in [2.75, 3.05) is 0 Å². The van der Waals surface area contributed by atoms with Gasteiger partial charge >= 0.3 is 19.8 Å². The van der Waals surface area contributed by atoms with E-state index in [0.717, 1.165) is 0 Å². The Morgan fingerprint density at radius 2 is 2.00 bits per heavy atom. The van der Waals surface area contributed by atoms with Gasteiger partial charge in [0.25, 0.3) is 0 Å². The van der Waals surface area contributed by atoms with Crippen molar-refractivity contribution < 1.29 is 43.8 Å². The third-order valence-electron chi connectivity index (χ3n) is 3.02. The first-order valence-corrected chi connectivity index (χ1v) is 8.08. The normalized spacial score (nSPS) is 12.8. The van der Waals surface area contributed by atoms with Crippen molar-refractivity contribution in [3.63, 3.8) is 0 Å². The Balaban J connectivity index is 2.99. The van der Waals surface area contributed by atoms with E-state index in [-0.39, 0.29) is 29.1 Å². The van der Waals surface area contributed by atoms with Crippen LogP contribution < -0.4 is 5.32 Å². The molecular weight excluding hydrogens is 347 g/mol. The van der Waals surface area contributed by atoms with Crippen molar-refractivity contribution in [3.05, 3.63) is 23.0 Å². The minimum absolute atomic E-state index is 0.104. The molecule has 12 heteroatoms. The highest BCUT2D eigenvalue weighted by Crippen LogP contribution is 2.38. The topological polar surface area (TPSA) is 187 Å². The molecular formula is C12H17N2O9P. The van der Waals surface area contributed by atoms with Gasteiger partial charge in [0.15, 0.2) is 0 Å². The summed E-state index contributed by atoms with van der Waals surface area (Å²) >= 11 is 0. The van der Waals surface area contributed by atoms with E-state index >= 15 is 0 Å². The molecule has 6 N–H and O–H groups in total. The summed E-state index contributed by atoms with van der Waals surface area (Å²) in [5, 5.41) is 30.1. The van der Waals surface area contributed by atoms with Crippen molar-refractivity contribution in [1.82, 2.24) is 10.3 Å². The van der Waals surface area contributed by atoms with Gasteiger partial charge in [0, 0.05) is 23.9 Å². The number of nitrogens with one attached hydrogen (secondary N) is 1. The largest absolute Gasteiger partial charge is 0.506 e. The molecule has 0 aliphatic heterocycles. The number of aryl methyl sites for hydroxylation is 1. The lowest BCUT2D eigenvalue weighted by atomic mass is 10.1. The predicted molar refractivity (Wildman–Crippen MR) is 78.0 cm³/mol. The Morgan fingerprint density at radius 1 is 1.38 bits per heavy atom. The summed E-state index contributed by atoms with van der Waals surface area (Å²) in [5.74, 6) is -3.03. The van der Waals surface area contributed by atoms with Crippen LogP contribution in [0.25, 0.3) is 0 Å². The molecule has 0 fully saturated rings. The summed E-state index contributed by atoms with van der Waals surface area (Å²) in [6.45, 7) is 0.635. The monoisotopic (exact) mass is 364 g/mol. The van der Waals surface area contributed by atoms with Gasteiger partial charge < -0.3 is 25.1 Å². The number of hydrogen-bond donors (Lipinski definition) is 6. The summed E-state index contributed by atoms with van der Waals surface area (Å²) in [6.07, 6.45) is 0.531. The minimum atomic E-state index is -4.75. The van der Waals surface area contributed by atoms with Crippen molar-refractivity contribution in [2.24, 2.45) is 0 Å². The summed E-state index contributed by atoms with van der Waals surface area (Å²) in [6, 6.07) is -1.41. The third kappa shape index (κ3) is 6.22. The number of carboxylic acids is 2. The molecule has 0 spiro atoms. The molecule has 1 heterocycles. The van der Waals surface area contributed by atoms with E-state index < -0.39 is 38.8 Å². The van der Waals surface area contributed by atoms with Crippen molar-refractivity contribution >= 4 is 19.8 Å². The van der Waals surface area contributed by atoms with Crippen LogP contribution in [0.5, 0.6) is 5.75 Å². The number of aromatic hydroxyl groups is 1. The Labute approximate surface area is 136 Å². The fourth-order valence-electron chi connectivity index (χ4n) is 1.81. The second kappa shape index (κ2) is 8.18. The number of carboxylic acid groups (broad SMARTS) is 2. The number of rotatable bonds is 9. The van der Waals surface area contributed by atoms with E-state index in [2.05, 4.69) is 14.8 Å². The maximum absolute atomic E-state index is 11.0. The van der Waals surface area contributed by atoms with E-state index in [4.69, 9.17) is 20.0 Å². The summed E-state index contributed by atoms with van der Waals surface area (Å²) in [7, 11) is -4.75. The predicted octanol–water partition coefficient (Wildman–Crippen LogP) is -0.278. The van der Waals surface area contributed by atoms with E-state index in [1.807, 2.05) is 0 Å². The first-order valence-electron chi connectivity index (χ1n) is 6.55. The summed E-state index contributed by atoms with van der Waals surface area (Å²) in [5.41, 5.74) is 0.429. The fourth-order valence-corrected chi connectivity index (χ4v) is 2.11. The number of nitrogens with zero attached hydrogens (tertiary/aromatic N) is 1. The van der Waals surface area contributed by atoms with Gasteiger partial charge in [-0.05, 0) is 6.92 Å². The van der Waals surface area contributed by atoms with Crippen molar-refractivity contribution in [2.45, 2.75) is 32.5 Å². The smallest absolute Gasteiger partial charge is 0.469 e. The number of aliphatic carboxylic acids is 2. The minimum Gasteiger partial charge on any atom is -0.506 e. The van der Waals surface area contributed by atoms with Crippen LogP contribution in [-0.2, 0) is 31.8 Å². The molecule has 0 aliphatic rings. The zero-order valence-corrected chi connectivity index (χ0v) is 13.4. The van der Waals surface area contributed by atoms with Gasteiger partial charge in [0.1, 0.15) is 11.8 Å². The molecule has 1 atom stereocenters. The SMILES string of the molecule is Cc1ncc(COP(=O)(O)O)c(CN[C@@H](CC(=O)O)C(=O)O)c1O. The number of pyridine rings is 1. The van der Waals surface area contributed by atoms with E-state index in [9.17, 15) is 19.3 Å². The molecule has 0 radical (unpaired) electrons. The number of phosphoric acid groups is 1. The molecule has 0 saturated heterocycles. The molecule has 0 amide bonds. The lowest BCUT2D eigenvalue weighted by Crippen LogP contribution is -2.38. The van der Waals surface area contributed by atoms with Gasteiger partial charge in [-0.25, -0.2) is 4.57 Å². The average Bonchev–Trinajstić information content (AvgIpc) is 2.44. The van der Waals surface area contributed by atoms with Crippen LogP contribution in [0.1, 0.15) is 23.2 Å². The number of aromatic nitrogens is 1. The molecule has 1 rings (SSSR count). The maximum atomic E-state index is 11.0. The van der Waals surface area contributed by atoms with Crippen LogP contribution in [0.4, 0.5) is 0 Å². The van der Waals surface area contributed by atoms with Crippen molar-refractivity contribution in [3.8, 4) is 5.75 Å². The molecule has 0 bridgehead atoms. The molecule has 0 aliphatic carbocycles. The van der Waals surface area contributed by atoms with Crippen LogP contribution in [0.2, 0.25) is 0 Å². The Bertz CT molecular complexity index is 673. The number of hydrogen-bond acceptors (Lipinski definition) is 7. The third-order valence-corrected chi connectivity index (χ3v) is 3.49. The van der Waals surface area contributed by atoms with Gasteiger partial charge in [-0.3, -0.25) is 24.4 Å². The fraction of sp³-hybridized carbons (Fsp3) is 0.417. The molecule has 1 aromatic heterocycles. The zero-order chi connectivity index (χ0) is 18.5. The number of phosphoric ester groups is 1. The molecule has 0 unspecified atom stereocenters. The van der Waals surface area contributed by atoms with Gasteiger partial charge in [-0.1, -0.05) is 0 Å². The molecule has 11 nitrogen and oxygen atoms in total. The standard InChI is InChI=1S/C12H17N2O9P/c1-6-11(17)8(4-14-9(12(18)19)2-10(15)16)7(3-13-6)5-23-24(20,21)22/h3,9,14,17H,2,4-5H2,1H3,(H,15,16)(H,18,19)(H2,20,21,22)/t9-/m0/s1. The summed E-state index contributed by atoms with van der Waals surface area (Å²) < 4.78 is 15.1. The second-order valence-electron chi connectivity index (χ2n) is 4.83. The van der Waals surface area contributed by atoms with E-state index in [0.29, 0.717) is 0 Å². The van der Waals surface area contributed by atoms with Gasteiger partial charge in [-0.2, -0.15) is 0 Å². The first-order chi connectivity index (χ1) is 11.0. The van der Waals surface area contributed by atoms with E-state index in [1.165, 1.54) is 13.1 Å². The molecule has 24 heavy (non-hydrogen) atoms. The molecule has 1 aromatic rings. The highest BCUT2D eigenvalue weighted by molar-refractivity contribution is 7.46. The maximum Gasteiger partial charge on any atom is 0.469 e. The Morgan fingerprint density at radius 3 is 2.50 bits per heavy atom. The average molecular weight is 364 g/mol. The van der Waals surface area contributed by atoms with Crippen molar-refractivity contribution in [1.29, 1.82) is 0 Å². The quantitative estimate of drug-likeness (QED) is 0.316. The zero-order valence-electron chi connectivity index (χ0n) is 12.5. The second-order valence-corrected chi connectivity index (χ2v) is 6.07. The molecule has 0 saturated carbocycles. The summed E-state index contributed by atoms with van der Waals surface area (Å²) in [4.78, 5) is 43.0. The molecule has 134 valence electrons. The highest BCUT2D eigenvalue weighted by atomic mass is 31.2. The Hall–Kier alpha value is -2.04. The van der Waals surface area contributed by atoms with Crippen LogP contribution >= 0.6 is 7.82 Å². The van der Waals surface area contributed by atoms with Gasteiger partial charge in [-0.15, -0.1) is 0 Å². The lowest BCUT2D eigenvalue weighted by molar-refractivity contribution is -0.146. The van der Waals surface area contributed by atoms with Crippen LogP contribution in [0.3, 0.4) is 0 Å². The van der Waals surface area contributed by atoms with E-state index in [1.54, 1.807) is 0 Å². The van der Waals surface area contributed by atoms with Crippen LogP contribution in [0.15, 0.2) is 6.20 Å². The number of carbonyl (C=O) groups is 2. The first kappa shape index (κ1) is 20.0. The van der Waals surface area contributed by atoms with Crippen LogP contribution in [0, 0.1) is 6.92 Å². The lowest BCUT2D eigenvalue weighted by Gasteiger charge is -2.17. The van der Waals surface area contributed by atoms with Gasteiger partial charge in [0.2, 0.25) is 0 Å². The van der Waals surface area contributed by atoms with Crippen LogP contribution in [-0.4, -0.2) is 48.1 Å².